The van der Waals surface area contributed by atoms with Gasteiger partial charge in [0.2, 0.25) is 0 Å². The maximum atomic E-state index is 9.48. The zero-order valence-electron chi connectivity index (χ0n) is 6.55. The van der Waals surface area contributed by atoms with Crippen LogP contribution in [-0.2, 0) is 4.74 Å². The maximum Gasteiger partial charge on any atom is 0.0975 e. The fraction of sp³-hybridized carbons (Fsp3) is 1.00. The van der Waals surface area contributed by atoms with Gasteiger partial charge in [0.15, 0.2) is 0 Å². The van der Waals surface area contributed by atoms with Crippen molar-refractivity contribution in [2.75, 3.05) is 19.8 Å². The van der Waals surface area contributed by atoms with Crippen molar-refractivity contribution < 1.29 is 9.84 Å². The maximum absolute atomic E-state index is 9.48. The van der Waals surface area contributed by atoms with Crippen LogP contribution in [0.1, 0.15) is 13.8 Å². The van der Waals surface area contributed by atoms with Gasteiger partial charge in [0, 0.05) is 12.6 Å². The van der Waals surface area contributed by atoms with Crippen molar-refractivity contribution in [3.8, 4) is 0 Å². The Kier molecular flexibility index (Phi) is 2.28. The molecule has 1 aliphatic rings. The number of aliphatic hydroxyl groups is 1. The van der Waals surface area contributed by atoms with Crippen LogP contribution in [0, 0.1) is 0 Å². The number of β-amino-alcohol motifs (C(OH)–C–C–N with tert-alkyl or cyclic N) is 1. The van der Waals surface area contributed by atoms with Crippen LogP contribution in [0.15, 0.2) is 0 Å². The highest BCUT2D eigenvalue weighted by atomic mass is 16.5. The molecular weight excluding hydrogens is 130 g/mol. The average molecular weight is 145 g/mol. The molecule has 0 amide bonds. The Morgan fingerprint density at radius 3 is 3.10 bits per heavy atom. The lowest BCUT2D eigenvalue weighted by atomic mass is 10.1. The van der Waals surface area contributed by atoms with E-state index in [1.54, 1.807) is 6.92 Å². The first-order valence-electron chi connectivity index (χ1n) is 3.64. The van der Waals surface area contributed by atoms with E-state index in [1.807, 2.05) is 6.92 Å². The van der Waals surface area contributed by atoms with Crippen molar-refractivity contribution in [3.05, 3.63) is 0 Å². The summed E-state index contributed by atoms with van der Waals surface area (Å²) in [5.41, 5.74) is -0.690. The van der Waals surface area contributed by atoms with E-state index in [9.17, 15) is 5.11 Å². The Morgan fingerprint density at radius 2 is 2.40 bits per heavy atom. The molecule has 0 bridgehead atoms. The molecule has 60 valence electrons. The fourth-order valence-corrected chi connectivity index (χ4v) is 0.960. The molecule has 0 radical (unpaired) electrons. The van der Waals surface area contributed by atoms with Crippen molar-refractivity contribution in [1.29, 1.82) is 0 Å². The third-order valence-corrected chi connectivity index (χ3v) is 1.61. The second-order valence-corrected chi connectivity index (χ2v) is 3.29. The predicted molar refractivity (Wildman–Crippen MR) is 38.9 cm³/mol. The minimum absolute atomic E-state index is 0.356. The standard InChI is InChI=1S/C7H15NO2/c1-6-3-10-5-7(2,9)4-8-6/h6,8-9H,3-5H2,1-2H3. The van der Waals surface area contributed by atoms with Gasteiger partial charge in [0.1, 0.15) is 0 Å². The molecule has 1 aliphatic heterocycles. The van der Waals surface area contributed by atoms with Crippen molar-refractivity contribution >= 4 is 0 Å². The summed E-state index contributed by atoms with van der Waals surface area (Å²) in [5.74, 6) is 0. The summed E-state index contributed by atoms with van der Waals surface area (Å²) in [5, 5.41) is 12.6. The highest BCUT2D eigenvalue weighted by Gasteiger charge is 2.24. The van der Waals surface area contributed by atoms with E-state index in [2.05, 4.69) is 5.32 Å². The van der Waals surface area contributed by atoms with Gasteiger partial charge >= 0.3 is 0 Å². The van der Waals surface area contributed by atoms with Gasteiger partial charge in [-0.05, 0) is 13.8 Å². The first-order chi connectivity index (χ1) is 4.60. The molecule has 2 N–H and O–H groups in total. The minimum Gasteiger partial charge on any atom is -0.386 e. The van der Waals surface area contributed by atoms with Crippen LogP contribution in [0.4, 0.5) is 0 Å². The minimum atomic E-state index is -0.690. The lowest BCUT2D eigenvalue weighted by Gasteiger charge is -2.19. The molecule has 1 saturated heterocycles. The van der Waals surface area contributed by atoms with E-state index in [1.165, 1.54) is 0 Å². The van der Waals surface area contributed by atoms with Crippen LogP contribution < -0.4 is 5.32 Å². The van der Waals surface area contributed by atoms with Gasteiger partial charge in [-0.2, -0.15) is 0 Å². The number of hydrogen-bond acceptors (Lipinski definition) is 3. The van der Waals surface area contributed by atoms with Gasteiger partial charge in [-0.1, -0.05) is 0 Å². The van der Waals surface area contributed by atoms with E-state index in [0.717, 1.165) is 0 Å². The largest absolute Gasteiger partial charge is 0.386 e. The van der Waals surface area contributed by atoms with E-state index in [0.29, 0.717) is 25.8 Å². The molecule has 2 atom stereocenters. The Labute approximate surface area is 61.4 Å². The summed E-state index contributed by atoms with van der Waals surface area (Å²) in [6.07, 6.45) is 0. The lowest BCUT2D eigenvalue weighted by molar-refractivity contribution is -0.0147. The molecular formula is C7H15NO2. The molecule has 1 rings (SSSR count). The summed E-state index contributed by atoms with van der Waals surface area (Å²) in [6, 6.07) is 0.356. The van der Waals surface area contributed by atoms with E-state index < -0.39 is 5.60 Å². The molecule has 0 spiro atoms. The van der Waals surface area contributed by atoms with Crippen LogP contribution in [0.2, 0.25) is 0 Å². The Bertz CT molecular complexity index is 114. The monoisotopic (exact) mass is 145 g/mol. The zero-order valence-corrected chi connectivity index (χ0v) is 6.55. The SMILES string of the molecule is CC1COCC(C)(O)CN1. The summed E-state index contributed by atoms with van der Waals surface area (Å²) < 4.78 is 5.21. The summed E-state index contributed by atoms with van der Waals surface area (Å²) in [4.78, 5) is 0. The summed E-state index contributed by atoms with van der Waals surface area (Å²) in [7, 11) is 0. The molecule has 0 aliphatic carbocycles. The third-order valence-electron chi connectivity index (χ3n) is 1.61. The summed E-state index contributed by atoms with van der Waals surface area (Å²) >= 11 is 0. The van der Waals surface area contributed by atoms with Crippen LogP contribution in [0.5, 0.6) is 0 Å². The van der Waals surface area contributed by atoms with Crippen molar-refractivity contribution in [1.82, 2.24) is 5.32 Å². The van der Waals surface area contributed by atoms with Gasteiger partial charge in [-0.3, -0.25) is 0 Å². The molecule has 0 aromatic heterocycles. The van der Waals surface area contributed by atoms with Gasteiger partial charge < -0.3 is 15.2 Å². The van der Waals surface area contributed by atoms with E-state index >= 15 is 0 Å². The zero-order chi connectivity index (χ0) is 7.61. The van der Waals surface area contributed by atoms with Crippen molar-refractivity contribution in [2.24, 2.45) is 0 Å². The number of nitrogens with one attached hydrogen (secondary N) is 1. The molecule has 0 aromatic rings. The van der Waals surface area contributed by atoms with Crippen molar-refractivity contribution in [2.45, 2.75) is 25.5 Å². The quantitative estimate of drug-likeness (QED) is 0.493. The molecule has 3 nitrogen and oxygen atoms in total. The van der Waals surface area contributed by atoms with Gasteiger partial charge in [0.05, 0.1) is 18.8 Å². The summed E-state index contributed by atoms with van der Waals surface area (Å²) in [6.45, 7) is 5.56. The highest BCUT2D eigenvalue weighted by molar-refractivity contribution is 4.79. The third kappa shape index (κ3) is 2.25. The Hall–Kier alpha value is -0.120. The number of ether oxygens (including phenoxy) is 1. The van der Waals surface area contributed by atoms with Crippen LogP contribution in [0.25, 0.3) is 0 Å². The number of hydrogen-bond donors (Lipinski definition) is 2. The topological polar surface area (TPSA) is 41.5 Å². The molecule has 0 aromatic carbocycles. The second kappa shape index (κ2) is 2.86. The molecule has 0 saturated carbocycles. The predicted octanol–water partition coefficient (Wildman–Crippen LogP) is -0.254. The smallest absolute Gasteiger partial charge is 0.0975 e. The molecule has 10 heavy (non-hydrogen) atoms. The van der Waals surface area contributed by atoms with Gasteiger partial charge in [-0.25, -0.2) is 0 Å². The highest BCUT2D eigenvalue weighted by Crippen LogP contribution is 2.06. The molecule has 3 heteroatoms. The van der Waals surface area contributed by atoms with Crippen molar-refractivity contribution in [3.63, 3.8) is 0 Å². The van der Waals surface area contributed by atoms with Gasteiger partial charge in [0.25, 0.3) is 0 Å². The first-order valence-corrected chi connectivity index (χ1v) is 3.64. The Balaban J connectivity index is 2.41. The lowest BCUT2D eigenvalue weighted by Crippen LogP contribution is -2.41. The molecule has 1 fully saturated rings. The normalized spacial score (nSPS) is 42.9. The molecule has 2 unspecified atom stereocenters. The second-order valence-electron chi connectivity index (χ2n) is 3.29. The van der Waals surface area contributed by atoms with E-state index in [-0.39, 0.29) is 0 Å². The number of rotatable bonds is 0. The average Bonchev–Trinajstić information content (AvgIpc) is 1.94. The van der Waals surface area contributed by atoms with Crippen LogP contribution in [0.3, 0.4) is 0 Å². The van der Waals surface area contributed by atoms with Crippen LogP contribution in [-0.4, -0.2) is 36.5 Å². The van der Waals surface area contributed by atoms with Gasteiger partial charge in [-0.15, -0.1) is 0 Å². The fourth-order valence-electron chi connectivity index (χ4n) is 0.960. The Morgan fingerprint density at radius 1 is 1.70 bits per heavy atom. The van der Waals surface area contributed by atoms with E-state index in [4.69, 9.17) is 4.74 Å². The first kappa shape index (κ1) is 7.98. The molecule has 1 heterocycles. The van der Waals surface area contributed by atoms with Crippen LogP contribution >= 0.6 is 0 Å².